The highest BCUT2D eigenvalue weighted by Gasteiger charge is 2.26. The molecule has 0 atom stereocenters. The van der Waals surface area contributed by atoms with Crippen molar-refractivity contribution in [2.24, 2.45) is 0 Å². The molecule has 0 aliphatic rings. The summed E-state index contributed by atoms with van der Waals surface area (Å²) in [5, 5.41) is 0. The van der Waals surface area contributed by atoms with Gasteiger partial charge in [-0.05, 0) is 68.1 Å². The van der Waals surface area contributed by atoms with E-state index in [1.807, 2.05) is 45.0 Å². The fraction of sp³-hybridized carbons (Fsp3) is 0.350. The van der Waals surface area contributed by atoms with Crippen molar-refractivity contribution in [3.8, 4) is 0 Å². The molecule has 6 heteroatoms. The van der Waals surface area contributed by atoms with E-state index < -0.39 is 10.0 Å². The Hall–Kier alpha value is -2.18. The van der Waals surface area contributed by atoms with Crippen LogP contribution in [0.2, 0.25) is 0 Å². The molecular formula is C20H26N2O3S. The number of aryl methyl sites for hydroxylation is 4. The molecule has 0 fully saturated rings. The van der Waals surface area contributed by atoms with E-state index in [1.165, 1.54) is 11.9 Å². The van der Waals surface area contributed by atoms with Crippen molar-refractivity contribution in [2.75, 3.05) is 25.5 Å². The summed E-state index contributed by atoms with van der Waals surface area (Å²) in [6.45, 7) is 7.36. The van der Waals surface area contributed by atoms with Crippen LogP contribution in [0, 0.1) is 27.7 Å². The van der Waals surface area contributed by atoms with Gasteiger partial charge >= 0.3 is 0 Å². The number of likely N-dealkylation sites (N-methyl/N-ethyl adjacent to an activating group) is 2. The molecule has 2 rings (SSSR count). The predicted molar refractivity (Wildman–Crippen MR) is 105 cm³/mol. The standard InChI is InChI=1S/C20H26N2O3S/c1-14-7-8-16(3)19(11-14)26(24,25)21(5)13-20(23)22(6)18-10-9-15(2)17(4)12-18/h7-12H,13H2,1-6H3. The molecule has 0 aliphatic carbocycles. The first-order valence-corrected chi connectivity index (χ1v) is 9.85. The van der Waals surface area contributed by atoms with E-state index in [1.54, 1.807) is 26.1 Å². The number of sulfonamides is 1. The van der Waals surface area contributed by atoms with Crippen LogP contribution in [0.3, 0.4) is 0 Å². The van der Waals surface area contributed by atoms with Crippen molar-refractivity contribution < 1.29 is 13.2 Å². The maximum absolute atomic E-state index is 12.9. The average Bonchev–Trinajstić information content (AvgIpc) is 2.58. The zero-order valence-electron chi connectivity index (χ0n) is 16.2. The van der Waals surface area contributed by atoms with Crippen LogP contribution in [0.1, 0.15) is 22.3 Å². The summed E-state index contributed by atoms with van der Waals surface area (Å²) in [7, 11) is -0.641. The summed E-state index contributed by atoms with van der Waals surface area (Å²) in [5.74, 6) is -0.287. The molecule has 0 N–H and O–H groups in total. The van der Waals surface area contributed by atoms with E-state index in [-0.39, 0.29) is 17.3 Å². The SMILES string of the molecule is Cc1ccc(C)c(S(=O)(=O)N(C)CC(=O)N(C)c2ccc(C)c(C)c2)c1. The first kappa shape index (κ1) is 20.1. The quantitative estimate of drug-likeness (QED) is 0.807. The van der Waals surface area contributed by atoms with Crippen molar-refractivity contribution in [1.29, 1.82) is 0 Å². The van der Waals surface area contributed by atoms with E-state index in [0.717, 1.165) is 26.7 Å². The first-order chi connectivity index (χ1) is 12.0. The van der Waals surface area contributed by atoms with Crippen LogP contribution >= 0.6 is 0 Å². The molecular weight excluding hydrogens is 348 g/mol. The Labute approximate surface area is 156 Å². The van der Waals surface area contributed by atoms with Crippen molar-refractivity contribution in [2.45, 2.75) is 32.6 Å². The van der Waals surface area contributed by atoms with Crippen LogP contribution in [0.5, 0.6) is 0 Å². The molecule has 0 unspecified atom stereocenters. The van der Waals surface area contributed by atoms with Gasteiger partial charge in [0, 0.05) is 19.8 Å². The number of rotatable bonds is 5. The lowest BCUT2D eigenvalue weighted by molar-refractivity contribution is -0.118. The minimum absolute atomic E-state index is 0.223. The Morgan fingerprint density at radius 3 is 2.12 bits per heavy atom. The number of nitrogens with zero attached hydrogens (tertiary/aromatic N) is 2. The molecule has 0 heterocycles. The van der Waals surface area contributed by atoms with E-state index in [2.05, 4.69) is 0 Å². The predicted octanol–water partition coefficient (Wildman–Crippen LogP) is 3.20. The average molecular weight is 375 g/mol. The Morgan fingerprint density at radius 1 is 0.885 bits per heavy atom. The number of anilines is 1. The lowest BCUT2D eigenvalue weighted by Gasteiger charge is -2.23. The van der Waals surface area contributed by atoms with Gasteiger partial charge in [-0.25, -0.2) is 8.42 Å². The zero-order valence-corrected chi connectivity index (χ0v) is 17.0. The number of carbonyl (C=O) groups excluding carboxylic acids is 1. The summed E-state index contributed by atoms with van der Waals surface area (Å²) in [4.78, 5) is 14.3. The topological polar surface area (TPSA) is 57.7 Å². The Morgan fingerprint density at radius 2 is 1.50 bits per heavy atom. The summed E-state index contributed by atoms with van der Waals surface area (Å²) in [6, 6.07) is 11.0. The maximum atomic E-state index is 12.9. The third-order valence-electron chi connectivity index (χ3n) is 4.64. The molecule has 26 heavy (non-hydrogen) atoms. The normalized spacial score (nSPS) is 11.7. The Kier molecular flexibility index (Phi) is 5.88. The van der Waals surface area contributed by atoms with Gasteiger partial charge in [0.25, 0.3) is 0 Å². The largest absolute Gasteiger partial charge is 0.314 e. The number of benzene rings is 2. The summed E-state index contributed by atoms with van der Waals surface area (Å²) < 4.78 is 26.8. The minimum Gasteiger partial charge on any atom is -0.314 e. The molecule has 0 aliphatic heterocycles. The van der Waals surface area contributed by atoms with Crippen LogP contribution in [-0.4, -0.2) is 39.3 Å². The summed E-state index contributed by atoms with van der Waals surface area (Å²) in [6.07, 6.45) is 0. The highest BCUT2D eigenvalue weighted by molar-refractivity contribution is 7.89. The van der Waals surface area contributed by atoms with E-state index >= 15 is 0 Å². The molecule has 5 nitrogen and oxygen atoms in total. The number of carbonyl (C=O) groups is 1. The van der Waals surface area contributed by atoms with Gasteiger partial charge in [0.2, 0.25) is 15.9 Å². The molecule has 0 radical (unpaired) electrons. The van der Waals surface area contributed by atoms with Crippen LogP contribution in [-0.2, 0) is 14.8 Å². The van der Waals surface area contributed by atoms with Gasteiger partial charge in [-0.3, -0.25) is 4.79 Å². The molecule has 140 valence electrons. The lowest BCUT2D eigenvalue weighted by Crippen LogP contribution is -2.39. The molecule has 2 aromatic carbocycles. The Balaban J connectivity index is 2.22. The van der Waals surface area contributed by atoms with Gasteiger partial charge in [0.05, 0.1) is 11.4 Å². The zero-order chi connectivity index (χ0) is 19.6. The summed E-state index contributed by atoms with van der Waals surface area (Å²) >= 11 is 0. The van der Waals surface area contributed by atoms with Crippen molar-refractivity contribution in [3.05, 3.63) is 58.7 Å². The van der Waals surface area contributed by atoms with Gasteiger partial charge in [-0.1, -0.05) is 18.2 Å². The van der Waals surface area contributed by atoms with Crippen molar-refractivity contribution in [3.63, 3.8) is 0 Å². The van der Waals surface area contributed by atoms with Gasteiger partial charge in [-0.2, -0.15) is 4.31 Å². The fourth-order valence-corrected chi connectivity index (χ4v) is 4.04. The van der Waals surface area contributed by atoms with E-state index in [0.29, 0.717) is 5.56 Å². The first-order valence-electron chi connectivity index (χ1n) is 8.41. The Bertz CT molecular complexity index is 936. The number of hydrogen-bond donors (Lipinski definition) is 0. The lowest BCUT2D eigenvalue weighted by atomic mass is 10.1. The molecule has 2 aromatic rings. The smallest absolute Gasteiger partial charge is 0.243 e. The molecule has 0 saturated carbocycles. The second-order valence-corrected chi connectivity index (χ2v) is 8.76. The van der Waals surface area contributed by atoms with Gasteiger partial charge in [0.15, 0.2) is 0 Å². The van der Waals surface area contributed by atoms with Gasteiger partial charge in [0.1, 0.15) is 0 Å². The molecule has 0 aromatic heterocycles. The van der Waals surface area contributed by atoms with Crippen molar-refractivity contribution >= 4 is 21.6 Å². The number of amides is 1. The molecule has 0 saturated heterocycles. The highest BCUT2D eigenvalue weighted by Crippen LogP contribution is 2.21. The van der Waals surface area contributed by atoms with E-state index in [4.69, 9.17) is 0 Å². The third kappa shape index (κ3) is 4.14. The van der Waals surface area contributed by atoms with Crippen LogP contribution in [0.25, 0.3) is 0 Å². The molecule has 0 spiro atoms. The summed E-state index contributed by atoms with van der Waals surface area (Å²) in [5.41, 5.74) is 4.50. The maximum Gasteiger partial charge on any atom is 0.243 e. The van der Waals surface area contributed by atoms with Gasteiger partial charge < -0.3 is 4.90 Å². The second kappa shape index (κ2) is 7.60. The third-order valence-corrected chi connectivity index (χ3v) is 6.59. The highest BCUT2D eigenvalue weighted by atomic mass is 32.2. The second-order valence-electron chi connectivity index (χ2n) is 6.75. The number of hydrogen-bond acceptors (Lipinski definition) is 3. The molecule has 1 amide bonds. The van der Waals surface area contributed by atoms with Crippen LogP contribution < -0.4 is 4.90 Å². The minimum atomic E-state index is -3.73. The fourth-order valence-electron chi connectivity index (χ4n) is 2.61. The molecule has 0 bridgehead atoms. The van der Waals surface area contributed by atoms with Gasteiger partial charge in [-0.15, -0.1) is 0 Å². The monoisotopic (exact) mass is 374 g/mol. The van der Waals surface area contributed by atoms with Crippen molar-refractivity contribution in [1.82, 2.24) is 4.31 Å². The van der Waals surface area contributed by atoms with Crippen LogP contribution in [0.4, 0.5) is 5.69 Å². The van der Waals surface area contributed by atoms with Crippen LogP contribution in [0.15, 0.2) is 41.3 Å². The van der Waals surface area contributed by atoms with E-state index in [9.17, 15) is 13.2 Å².